The lowest BCUT2D eigenvalue weighted by Crippen LogP contribution is -2.14. The second-order valence-electron chi connectivity index (χ2n) is 3.85. The first-order valence-corrected chi connectivity index (χ1v) is 4.89. The molecule has 0 unspecified atom stereocenters. The van der Waals surface area contributed by atoms with Crippen molar-refractivity contribution in [3.8, 4) is 0 Å². The summed E-state index contributed by atoms with van der Waals surface area (Å²) < 4.78 is 0. The Morgan fingerprint density at radius 1 is 1.23 bits per heavy atom. The van der Waals surface area contributed by atoms with Gasteiger partial charge in [-0.05, 0) is 26.4 Å². The van der Waals surface area contributed by atoms with Crippen LogP contribution in [0.2, 0.25) is 0 Å². The highest BCUT2D eigenvalue weighted by atomic mass is 15.0. The van der Waals surface area contributed by atoms with Crippen molar-refractivity contribution in [2.75, 3.05) is 20.6 Å². The smallest absolute Gasteiger partial charge is 0.00128 e. The van der Waals surface area contributed by atoms with Crippen LogP contribution in [-0.4, -0.2) is 25.5 Å². The molecule has 0 aromatic rings. The maximum absolute atomic E-state index is 2.25. The first kappa shape index (κ1) is 10.3. The molecule has 0 aromatic heterocycles. The van der Waals surface area contributed by atoms with Gasteiger partial charge in [0.05, 0.1) is 0 Å². The average Bonchev–Trinajstić information content (AvgIpc) is 2.27. The van der Waals surface area contributed by atoms with Crippen LogP contribution in [0, 0.1) is 5.92 Å². The van der Waals surface area contributed by atoms with Crippen LogP contribution >= 0.6 is 0 Å². The zero-order chi connectivity index (χ0) is 9.68. The zero-order valence-corrected chi connectivity index (χ0v) is 8.83. The van der Waals surface area contributed by atoms with Gasteiger partial charge in [0.25, 0.3) is 0 Å². The molecular formula is C12H19N. The van der Waals surface area contributed by atoms with Gasteiger partial charge in [0.15, 0.2) is 0 Å². The molecule has 0 radical (unpaired) electrons. The van der Waals surface area contributed by atoms with Gasteiger partial charge in [-0.15, -0.1) is 0 Å². The van der Waals surface area contributed by atoms with Crippen LogP contribution in [0.4, 0.5) is 0 Å². The monoisotopic (exact) mass is 177 g/mol. The summed E-state index contributed by atoms with van der Waals surface area (Å²) in [6.07, 6.45) is 12.0. The van der Waals surface area contributed by atoms with E-state index in [1.807, 2.05) is 0 Å². The number of rotatable bonds is 3. The van der Waals surface area contributed by atoms with E-state index in [1.54, 1.807) is 0 Å². The van der Waals surface area contributed by atoms with Crippen LogP contribution in [0.15, 0.2) is 36.0 Å². The third-order valence-electron chi connectivity index (χ3n) is 2.36. The lowest BCUT2D eigenvalue weighted by atomic mass is 9.98. The van der Waals surface area contributed by atoms with Crippen molar-refractivity contribution in [3.63, 3.8) is 0 Å². The molecule has 0 spiro atoms. The summed E-state index contributed by atoms with van der Waals surface area (Å²) in [5, 5.41) is 0. The molecule has 0 saturated heterocycles. The average molecular weight is 177 g/mol. The lowest BCUT2D eigenvalue weighted by Gasteiger charge is -2.14. The number of hydrogen-bond acceptors (Lipinski definition) is 1. The molecule has 0 bridgehead atoms. The SMILES string of the molecule is C[C@H]1C=CC=CC=C1CCN(C)C. The van der Waals surface area contributed by atoms with E-state index in [9.17, 15) is 0 Å². The first-order chi connectivity index (χ1) is 6.20. The van der Waals surface area contributed by atoms with Crippen molar-refractivity contribution in [2.24, 2.45) is 5.92 Å². The Morgan fingerprint density at radius 3 is 2.69 bits per heavy atom. The normalized spacial score (nSPS) is 21.8. The fourth-order valence-electron chi connectivity index (χ4n) is 1.41. The zero-order valence-electron chi connectivity index (χ0n) is 8.83. The van der Waals surface area contributed by atoms with Gasteiger partial charge in [-0.3, -0.25) is 0 Å². The number of nitrogens with zero attached hydrogens (tertiary/aromatic N) is 1. The predicted octanol–water partition coefficient (Wildman–Crippen LogP) is 2.63. The molecule has 1 atom stereocenters. The summed E-state index contributed by atoms with van der Waals surface area (Å²) in [6.45, 7) is 3.39. The van der Waals surface area contributed by atoms with Gasteiger partial charge >= 0.3 is 0 Å². The van der Waals surface area contributed by atoms with Crippen LogP contribution in [0.5, 0.6) is 0 Å². The van der Waals surface area contributed by atoms with Crippen molar-refractivity contribution < 1.29 is 0 Å². The molecule has 1 rings (SSSR count). The fraction of sp³-hybridized carbons (Fsp3) is 0.500. The minimum atomic E-state index is 0.593. The molecule has 0 N–H and O–H groups in total. The lowest BCUT2D eigenvalue weighted by molar-refractivity contribution is 0.408. The highest BCUT2D eigenvalue weighted by molar-refractivity contribution is 5.25. The van der Waals surface area contributed by atoms with Crippen LogP contribution in [0.3, 0.4) is 0 Å². The maximum Gasteiger partial charge on any atom is 0.00128 e. The molecule has 0 fully saturated rings. The fourth-order valence-corrected chi connectivity index (χ4v) is 1.41. The Labute approximate surface area is 81.4 Å². The Bertz CT molecular complexity index is 234. The van der Waals surface area contributed by atoms with Gasteiger partial charge in [-0.25, -0.2) is 0 Å². The van der Waals surface area contributed by atoms with E-state index in [2.05, 4.69) is 56.3 Å². The predicted molar refractivity (Wildman–Crippen MR) is 58.7 cm³/mol. The Kier molecular flexibility index (Phi) is 3.97. The Hall–Kier alpha value is -0.820. The Morgan fingerprint density at radius 2 is 2.00 bits per heavy atom. The van der Waals surface area contributed by atoms with E-state index in [1.165, 1.54) is 12.0 Å². The minimum absolute atomic E-state index is 0.593. The van der Waals surface area contributed by atoms with Crippen LogP contribution in [0.1, 0.15) is 13.3 Å². The van der Waals surface area contributed by atoms with Crippen molar-refractivity contribution in [2.45, 2.75) is 13.3 Å². The van der Waals surface area contributed by atoms with E-state index < -0.39 is 0 Å². The summed E-state index contributed by atoms with van der Waals surface area (Å²) in [7, 11) is 4.24. The third kappa shape index (κ3) is 3.60. The van der Waals surface area contributed by atoms with Crippen molar-refractivity contribution >= 4 is 0 Å². The number of hydrogen-bond donors (Lipinski definition) is 0. The van der Waals surface area contributed by atoms with E-state index in [-0.39, 0.29) is 0 Å². The molecule has 1 aliphatic rings. The van der Waals surface area contributed by atoms with Gasteiger partial charge < -0.3 is 4.90 Å². The highest BCUT2D eigenvalue weighted by Crippen LogP contribution is 2.18. The van der Waals surface area contributed by atoms with E-state index in [0.717, 1.165) is 6.54 Å². The van der Waals surface area contributed by atoms with Crippen molar-refractivity contribution in [1.82, 2.24) is 4.90 Å². The second-order valence-corrected chi connectivity index (χ2v) is 3.85. The molecule has 0 aliphatic heterocycles. The van der Waals surface area contributed by atoms with E-state index in [0.29, 0.717) is 5.92 Å². The molecule has 13 heavy (non-hydrogen) atoms. The third-order valence-corrected chi connectivity index (χ3v) is 2.36. The molecule has 0 saturated carbocycles. The Balaban J connectivity index is 2.52. The summed E-state index contributed by atoms with van der Waals surface area (Å²) in [4.78, 5) is 2.23. The van der Waals surface area contributed by atoms with Crippen molar-refractivity contribution in [3.05, 3.63) is 36.0 Å². The van der Waals surface area contributed by atoms with Gasteiger partial charge in [0.1, 0.15) is 0 Å². The summed E-state index contributed by atoms with van der Waals surface area (Å²) >= 11 is 0. The molecule has 0 amide bonds. The largest absolute Gasteiger partial charge is 0.309 e. The molecule has 72 valence electrons. The topological polar surface area (TPSA) is 3.24 Å². The van der Waals surface area contributed by atoms with E-state index in [4.69, 9.17) is 0 Å². The molecule has 0 aromatic carbocycles. The van der Waals surface area contributed by atoms with Gasteiger partial charge in [0.2, 0.25) is 0 Å². The summed E-state index contributed by atoms with van der Waals surface area (Å²) in [6, 6.07) is 0. The molecule has 1 aliphatic carbocycles. The number of allylic oxidation sites excluding steroid dienone is 5. The van der Waals surface area contributed by atoms with Crippen LogP contribution in [0.25, 0.3) is 0 Å². The maximum atomic E-state index is 2.25. The van der Waals surface area contributed by atoms with Crippen molar-refractivity contribution in [1.29, 1.82) is 0 Å². The van der Waals surface area contributed by atoms with Gasteiger partial charge in [0, 0.05) is 6.54 Å². The first-order valence-electron chi connectivity index (χ1n) is 4.89. The van der Waals surface area contributed by atoms with Gasteiger partial charge in [-0.1, -0.05) is 42.9 Å². The minimum Gasteiger partial charge on any atom is -0.309 e. The molecule has 1 nitrogen and oxygen atoms in total. The summed E-state index contributed by atoms with van der Waals surface area (Å²) in [5.41, 5.74) is 1.53. The standard InChI is InChI=1S/C12H19N/c1-11-7-5-4-6-8-12(11)9-10-13(2)3/h4-8,11H,9-10H2,1-3H3/t11-/m0/s1. The molecule has 0 heterocycles. The molecule has 1 heteroatoms. The second kappa shape index (κ2) is 5.03. The van der Waals surface area contributed by atoms with Crippen LogP contribution < -0.4 is 0 Å². The van der Waals surface area contributed by atoms with Gasteiger partial charge in [-0.2, -0.15) is 0 Å². The highest BCUT2D eigenvalue weighted by Gasteiger charge is 2.05. The quantitative estimate of drug-likeness (QED) is 0.640. The molecular weight excluding hydrogens is 158 g/mol. The van der Waals surface area contributed by atoms with E-state index >= 15 is 0 Å². The summed E-state index contributed by atoms with van der Waals surface area (Å²) in [5.74, 6) is 0.593. The van der Waals surface area contributed by atoms with Crippen LogP contribution in [-0.2, 0) is 0 Å².